The fourth-order valence-corrected chi connectivity index (χ4v) is 9.00. The molecule has 1 spiro atoms. The fraction of sp³-hybridized carbons (Fsp3) is 0.658. The number of carbonyl (C=O) groups excluding carboxylic acids is 2. The Hall–Kier alpha value is -1.61. The molecule has 2 aliphatic heterocycles. The number of rotatable bonds is 24. The lowest BCUT2D eigenvalue weighted by molar-refractivity contribution is -0.225. The Morgan fingerprint density at radius 3 is 2.23 bits per heavy atom. The zero-order valence-corrected chi connectivity index (χ0v) is 37.0. The van der Waals surface area contributed by atoms with E-state index >= 15 is 0 Å². The number of amides is 2. The standard InChI is InChI=1S/C38H55Br4N3O7/c1-4-26(2)16-13-11-9-7-5-6-8-10-12-14-17-32(46)43-20-18-27-22-28(39)35(29(40)23-27)50-21-15-19-44-37(48)33-36(47)38(52-45-33)24-30(41)34(49-3)31(42)25-51-38/h22-23,25-26,36,47H,4-21,24H2,1-3H3,(H,43,46)(H,44,48)/t26?,36-,38+/m0/s1. The van der Waals surface area contributed by atoms with Crippen molar-refractivity contribution in [3.05, 3.63) is 47.6 Å². The number of nitrogens with zero attached hydrogens (tertiary/aromatic N) is 1. The minimum Gasteiger partial charge on any atom is -0.495 e. The molecule has 1 unspecified atom stereocenters. The molecule has 2 heterocycles. The van der Waals surface area contributed by atoms with Gasteiger partial charge in [-0.25, -0.2) is 0 Å². The summed E-state index contributed by atoms with van der Waals surface area (Å²) in [7, 11) is 1.51. The molecular formula is C38H55Br4N3O7. The average molecular weight is 985 g/mol. The number of nitrogens with one attached hydrogen (secondary N) is 2. The summed E-state index contributed by atoms with van der Waals surface area (Å²) in [5.41, 5.74) is 0.879. The molecule has 0 aliphatic carbocycles. The van der Waals surface area contributed by atoms with Gasteiger partial charge < -0.3 is 34.8 Å². The molecule has 3 N–H and O–H groups in total. The van der Waals surface area contributed by atoms with Gasteiger partial charge in [0, 0.05) is 24.0 Å². The molecule has 0 fully saturated rings. The highest BCUT2D eigenvalue weighted by Gasteiger charge is 2.54. The van der Waals surface area contributed by atoms with Gasteiger partial charge in [-0.1, -0.05) is 106 Å². The van der Waals surface area contributed by atoms with Crippen LogP contribution in [0.1, 0.15) is 116 Å². The summed E-state index contributed by atoms with van der Waals surface area (Å²) in [4.78, 5) is 30.6. The number of hydrogen-bond donors (Lipinski definition) is 3. The Morgan fingerprint density at radius 1 is 0.962 bits per heavy atom. The van der Waals surface area contributed by atoms with Crippen LogP contribution in [0.3, 0.4) is 0 Å². The van der Waals surface area contributed by atoms with Crippen LogP contribution < -0.4 is 15.4 Å². The third-order valence-electron chi connectivity index (χ3n) is 9.33. The van der Waals surface area contributed by atoms with Gasteiger partial charge in [-0.2, -0.15) is 0 Å². The van der Waals surface area contributed by atoms with E-state index in [9.17, 15) is 14.7 Å². The molecule has 3 rings (SSSR count). The number of unbranched alkanes of at least 4 members (excludes halogenated alkanes) is 9. The molecule has 10 nitrogen and oxygen atoms in total. The van der Waals surface area contributed by atoms with E-state index in [1.165, 1.54) is 77.6 Å². The summed E-state index contributed by atoms with van der Waals surface area (Å²) in [5, 5.41) is 20.6. The second kappa shape index (κ2) is 24.0. The molecule has 52 heavy (non-hydrogen) atoms. The van der Waals surface area contributed by atoms with E-state index in [0.717, 1.165) is 33.3 Å². The molecule has 2 aliphatic rings. The maximum Gasteiger partial charge on any atom is 0.311 e. The quantitative estimate of drug-likeness (QED) is 0.0881. The number of benzene rings is 1. The van der Waals surface area contributed by atoms with E-state index in [2.05, 4.69) is 93.4 Å². The van der Waals surface area contributed by atoms with Crippen LogP contribution >= 0.6 is 63.7 Å². The van der Waals surface area contributed by atoms with Gasteiger partial charge in [-0.3, -0.25) is 9.59 Å². The number of aliphatic hydroxyl groups excluding tert-OH is 1. The first-order chi connectivity index (χ1) is 25.0. The number of aliphatic hydroxyl groups is 1. The summed E-state index contributed by atoms with van der Waals surface area (Å²) in [6.45, 7) is 5.83. The van der Waals surface area contributed by atoms with E-state index in [-0.39, 0.29) is 24.6 Å². The predicted octanol–water partition coefficient (Wildman–Crippen LogP) is 9.84. The van der Waals surface area contributed by atoms with Gasteiger partial charge in [-0.15, -0.1) is 0 Å². The monoisotopic (exact) mass is 981 g/mol. The molecule has 14 heteroatoms. The topological polar surface area (TPSA) is 128 Å². The van der Waals surface area contributed by atoms with Crippen LogP contribution in [-0.2, 0) is 30.3 Å². The zero-order chi connectivity index (χ0) is 37.9. The normalized spacial score (nSPS) is 19.0. The minimum atomic E-state index is -1.60. The second-order valence-corrected chi connectivity index (χ2v) is 17.0. The summed E-state index contributed by atoms with van der Waals surface area (Å²) >= 11 is 14.0. The highest BCUT2D eigenvalue weighted by atomic mass is 79.9. The predicted molar refractivity (Wildman–Crippen MR) is 219 cm³/mol. The number of carbonyl (C=O) groups is 2. The lowest BCUT2D eigenvalue weighted by Crippen LogP contribution is -2.49. The summed E-state index contributed by atoms with van der Waals surface area (Å²) in [6, 6.07) is 3.98. The number of hydrogen-bond acceptors (Lipinski definition) is 8. The van der Waals surface area contributed by atoms with Crippen molar-refractivity contribution in [2.24, 2.45) is 11.1 Å². The van der Waals surface area contributed by atoms with Gasteiger partial charge in [0.05, 0.1) is 33.6 Å². The first kappa shape index (κ1) is 44.8. The van der Waals surface area contributed by atoms with E-state index in [4.69, 9.17) is 19.0 Å². The Kier molecular flexibility index (Phi) is 20.7. The van der Waals surface area contributed by atoms with Crippen molar-refractivity contribution < 1.29 is 33.7 Å². The minimum absolute atomic E-state index is 0.0630. The summed E-state index contributed by atoms with van der Waals surface area (Å²) in [5.74, 6) is -0.0490. The lowest BCUT2D eigenvalue weighted by atomic mass is 9.99. The third-order valence-corrected chi connectivity index (χ3v) is 11.7. The van der Waals surface area contributed by atoms with Crippen LogP contribution in [0.15, 0.2) is 47.2 Å². The third kappa shape index (κ3) is 14.6. The van der Waals surface area contributed by atoms with Crippen molar-refractivity contribution in [3.63, 3.8) is 0 Å². The molecule has 0 bridgehead atoms. The van der Waals surface area contributed by atoms with E-state index in [0.29, 0.717) is 52.9 Å². The van der Waals surface area contributed by atoms with Crippen LogP contribution in [0.5, 0.6) is 5.75 Å². The smallest absolute Gasteiger partial charge is 0.311 e. The van der Waals surface area contributed by atoms with Gasteiger partial charge in [0.1, 0.15) is 17.8 Å². The van der Waals surface area contributed by atoms with Crippen molar-refractivity contribution in [2.45, 2.75) is 128 Å². The maximum atomic E-state index is 12.8. The van der Waals surface area contributed by atoms with Crippen molar-refractivity contribution >= 4 is 81.2 Å². The van der Waals surface area contributed by atoms with E-state index < -0.39 is 17.8 Å². The number of halogens is 4. The first-order valence-electron chi connectivity index (χ1n) is 18.6. The molecule has 1 aromatic rings. The highest BCUT2D eigenvalue weighted by molar-refractivity contribution is 9.12. The van der Waals surface area contributed by atoms with E-state index in [1.54, 1.807) is 0 Å². The lowest BCUT2D eigenvalue weighted by Gasteiger charge is -2.27. The van der Waals surface area contributed by atoms with Gasteiger partial charge in [-0.05, 0) is 90.7 Å². The highest BCUT2D eigenvalue weighted by Crippen LogP contribution is 2.41. The Morgan fingerprint density at radius 2 is 1.60 bits per heavy atom. The van der Waals surface area contributed by atoms with Gasteiger partial charge >= 0.3 is 5.79 Å². The Balaban J connectivity index is 1.25. The number of methoxy groups -OCH3 is 1. The molecule has 292 valence electrons. The largest absolute Gasteiger partial charge is 0.495 e. The number of allylic oxidation sites excluding steroid dienone is 1. The van der Waals surface area contributed by atoms with Crippen LogP contribution in [0.2, 0.25) is 0 Å². The van der Waals surface area contributed by atoms with Gasteiger partial charge in [0.25, 0.3) is 5.91 Å². The van der Waals surface area contributed by atoms with Crippen molar-refractivity contribution in [1.29, 1.82) is 0 Å². The average Bonchev–Trinajstić information content (AvgIpc) is 3.36. The molecule has 3 atom stereocenters. The fourth-order valence-electron chi connectivity index (χ4n) is 5.96. The molecule has 0 saturated carbocycles. The Labute approximate surface area is 343 Å². The van der Waals surface area contributed by atoms with Crippen molar-refractivity contribution in [2.75, 3.05) is 26.8 Å². The zero-order valence-electron chi connectivity index (χ0n) is 30.7. The molecule has 0 aromatic heterocycles. The molecule has 2 amide bonds. The number of oxime groups is 1. The molecule has 1 aromatic carbocycles. The van der Waals surface area contributed by atoms with Crippen LogP contribution in [0.4, 0.5) is 0 Å². The second-order valence-electron chi connectivity index (χ2n) is 13.5. The summed E-state index contributed by atoms with van der Waals surface area (Å²) < 4.78 is 19.7. The van der Waals surface area contributed by atoms with Crippen LogP contribution in [0, 0.1) is 5.92 Å². The molecule has 0 saturated heterocycles. The van der Waals surface area contributed by atoms with E-state index in [1.807, 2.05) is 12.1 Å². The Bertz CT molecular complexity index is 1380. The number of ether oxygens (including phenoxy) is 3. The molecular weight excluding hydrogens is 930 g/mol. The molecule has 0 radical (unpaired) electrons. The van der Waals surface area contributed by atoms with Crippen LogP contribution in [0.25, 0.3) is 0 Å². The van der Waals surface area contributed by atoms with Crippen molar-refractivity contribution in [1.82, 2.24) is 10.6 Å². The van der Waals surface area contributed by atoms with Gasteiger partial charge in [0.2, 0.25) is 5.91 Å². The maximum absolute atomic E-state index is 12.8. The van der Waals surface area contributed by atoms with Crippen molar-refractivity contribution in [3.8, 4) is 5.75 Å². The SMILES string of the molecule is CCC(C)CCCCCCCCCCCCC(=O)NCCc1cc(Br)c(OCCCNC(=O)C2=NO[C@]3(CC(Br)=C(OC)C(Br)=CO3)[C@H]2O)c(Br)c1. The van der Waals surface area contributed by atoms with Gasteiger partial charge in [0.15, 0.2) is 11.8 Å². The first-order valence-corrected chi connectivity index (χ1v) is 21.7. The summed E-state index contributed by atoms with van der Waals surface area (Å²) in [6.07, 6.45) is 17.1. The van der Waals surface area contributed by atoms with Crippen LogP contribution in [-0.4, -0.2) is 61.3 Å².